The number of nitrogens with one attached hydrogen (secondary N) is 1. The van der Waals surface area contributed by atoms with Crippen molar-refractivity contribution in [1.82, 2.24) is 4.98 Å². The molecule has 2 aromatic carbocycles. The molecule has 0 aliphatic carbocycles. The van der Waals surface area contributed by atoms with Gasteiger partial charge in [0, 0.05) is 26.2 Å². The second-order valence-electron chi connectivity index (χ2n) is 4.35. The number of rotatable bonds is 2. The van der Waals surface area contributed by atoms with Crippen molar-refractivity contribution in [3.63, 3.8) is 0 Å². The number of hydrogen-bond acceptors (Lipinski definition) is 3. The third-order valence-electron chi connectivity index (χ3n) is 3.00. The minimum atomic E-state index is 0.682. The van der Waals surface area contributed by atoms with E-state index >= 15 is 0 Å². The Bertz CT molecular complexity index is 787. The Kier molecular flexibility index (Phi) is 3.63. The Balaban J connectivity index is 2.09. The number of benzene rings is 2. The average Bonchev–Trinajstić information content (AvgIpc) is 2.43. The van der Waals surface area contributed by atoms with Gasteiger partial charge in [0.05, 0.1) is 16.9 Å². The maximum atomic E-state index is 5.96. The second kappa shape index (κ2) is 5.42. The Morgan fingerprint density at radius 2 is 1.85 bits per heavy atom. The third-order valence-corrected chi connectivity index (χ3v) is 4.15. The van der Waals surface area contributed by atoms with Crippen LogP contribution in [-0.4, -0.2) is 4.98 Å². The van der Waals surface area contributed by atoms with Crippen molar-refractivity contribution in [1.29, 1.82) is 0 Å². The molecule has 20 heavy (non-hydrogen) atoms. The molecule has 0 bridgehead atoms. The molecule has 0 saturated heterocycles. The Morgan fingerprint density at radius 1 is 1.00 bits per heavy atom. The number of halogens is 2. The summed E-state index contributed by atoms with van der Waals surface area (Å²) < 4.78 is 2.01. The highest BCUT2D eigenvalue weighted by molar-refractivity contribution is 9.11. The molecule has 0 atom stereocenters. The third kappa shape index (κ3) is 2.51. The lowest BCUT2D eigenvalue weighted by molar-refractivity contribution is 1.40. The van der Waals surface area contributed by atoms with Gasteiger partial charge in [0.25, 0.3) is 0 Å². The van der Waals surface area contributed by atoms with E-state index in [0.717, 1.165) is 31.2 Å². The van der Waals surface area contributed by atoms with Crippen molar-refractivity contribution in [2.24, 2.45) is 0 Å². The summed E-state index contributed by atoms with van der Waals surface area (Å²) in [7, 11) is 0. The summed E-state index contributed by atoms with van der Waals surface area (Å²) in [6, 6.07) is 13.7. The van der Waals surface area contributed by atoms with E-state index in [1.807, 2.05) is 42.5 Å². The van der Waals surface area contributed by atoms with Crippen LogP contribution in [0.3, 0.4) is 0 Å². The van der Waals surface area contributed by atoms with Crippen molar-refractivity contribution in [3.05, 3.63) is 57.6 Å². The molecular formula is C15H11Br2N3. The number of para-hydroxylation sites is 1. The summed E-state index contributed by atoms with van der Waals surface area (Å²) in [6.07, 6.45) is 1.76. The monoisotopic (exact) mass is 391 g/mol. The summed E-state index contributed by atoms with van der Waals surface area (Å²) >= 11 is 7.00. The van der Waals surface area contributed by atoms with Crippen molar-refractivity contribution < 1.29 is 0 Å². The van der Waals surface area contributed by atoms with Gasteiger partial charge in [0.1, 0.15) is 0 Å². The van der Waals surface area contributed by atoms with Gasteiger partial charge in [0.15, 0.2) is 0 Å². The molecule has 0 fully saturated rings. The van der Waals surface area contributed by atoms with E-state index in [1.165, 1.54) is 0 Å². The highest BCUT2D eigenvalue weighted by Crippen LogP contribution is 2.32. The number of aromatic nitrogens is 1. The van der Waals surface area contributed by atoms with Crippen LogP contribution in [0.15, 0.2) is 57.6 Å². The summed E-state index contributed by atoms with van der Waals surface area (Å²) in [5, 5.41) is 4.41. The van der Waals surface area contributed by atoms with E-state index < -0.39 is 0 Å². The minimum absolute atomic E-state index is 0.682. The lowest BCUT2D eigenvalue weighted by Crippen LogP contribution is -1.95. The number of anilines is 3. The lowest BCUT2D eigenvalue weighted by atomic mass is 10.1. The van der Waals surface area contributed by atoms with Gasteiger partial charge in [-0.3, -0.25) is 4.98 Å². The summed E-state index contributed by atoms with van der Waals surface area (Å²) in [5.74, 6) is 0. The van der Waals surface area contributed by atoms with E-state index in [-0.39, 0.29) is 0 Å². The molecule has 1 aromatic heterocycles. The van der Waals surface area contributed by atoms with Gasteiger partial charge in [-0.1, -0.05) is 28.1 Å². The van der Waals surface area contributed by atoms with Crippen LogP contribution >= 0.6 is 31.9 Å². The SMILES string of the molecule is Nc1cccc2c(Nc3ccc(Br)cc3Br)ccnc12. The fourth-order valence-corrected chi connectivity index (χ4v) is 3.19. The van der Waals surface area contributed by atoms with Crippen LogP contribution in [0.1, 0.15) is 0 Å². The van der Waals surface area contributed by atoms with E-state index in [1.54, 1.807) is 6.20 Å². The smallest absolute Gasteiger partial charge is 0.0951 e. The number of fused-ring (bicyclic) bond motifs is 1. The molecule has 0 saturated carbocycles. The van der Waals surface area contributed by atoms with E-state index in [2.05, 4.69) is 42.2 Å². The van der Waals surface area contributed by atoms with Crippen molar-refractivity contribution in [3.8, 4) is 0 Å². The molecule has 0 amide bonds. The highest BCUT2D eigenvalue weighted by atomic mass is 79.9. The molecule has 1 heterocycles. The van der Waals surface area contributed by atoms with Crippen LogP contribution in [-0.2, 0) is 0 Å². The molecule has 3 aromatic rings. The molecular weight excluding hydrogens is 382 g/mol. The first kappa shape index (κ1) is 13.4. The standard InChI is InChI=1S/C15H11Br2N3/c16-9-4-5-14(11(17)8-9)20-13-6-7-19-15-10(13)2-1-3-12(15)18/h1-8H,18H2,(H,19,20). The van der Waals surface area contributed by atoms with Crippen LogP contribution in [0.25, 0.3) is 10.9 Å². The fourth-order valence-electron chi connectivity index (χ4n) is 2.04. The predicted octanol–water partition coefficient (Wildman–Crippen LogP) is 5.09. The second-order valence-corrected chi connectivity index (χ2v) is 6.12. The largest absolute Gasteiger partial charge is 0.397 e. The zero-order chi connectivity index (χ0) is 14.1. The van der Waals surface area contributed by atoms with E-state index in [9.17, 15) is 0 Å². The molecule has 3 N–H and O–H groups in total. The quantitative estimate of drug-likeness (QED) is 0.597. The molecule has 0 radical (unpaired) electrons. The van der Waals surface area contributed by atoms with Gasteiger partial charge in [0.2, 0.25) is 0 Å². The van der Waals surface area contributed by atoms with E-state index in [0.29, 0.717) is 5.69 Å². The van der Waals surface area contributed by atoms with Gasteiger partial charge < -0.3 is 11.1 Å². The summed E-state index contributed by atoms with van der Waals surface area (Å²) in [5.41, 5.74) is 9.42. The molecule has 0 aliphatic rings. The van der Waals surface area contributed by atoms with Crippen molar-refractivity contribution >= 4 is 59.8 Å². The molecule has 100 valence electrons. The Morgan fingerprint density at radius 3 is 2.65 bits per heavy atom. The number of pyridine rings is 1. The minimum Gasteiger partial charge on any atom is -0.397 e. The van der Waals surface area contributed by atoms with Crippen LogP contribution in [0.2, 0.25) is 0 Å². The van der Waals surface area contributed by atoms with Crippen LogP contribution < -0.4 is 11.1 Å². The molecule has 0 aliphatic heterocycles. The van der Waals surface area contributed by atoms with Crippen LogP contribution in [0.5, 0.6) is 0 Å². The number of nitrogens with zero attached hydrogens (tertiary/aromatic N) is 1. The predicted molar refractivity (Wildman–Crippen MR) is 91.3 cm³/mol. The van der Waals surface area contributed by atoms with Gasteiger partial charge >= 0.3 is 0 Å². The van der Waals surface area contributed by atoms with Crippen LogP contribution in [0.4, 0.5) is 17.1 Å². The number of nitrogen functional groups attached to an aromatic ring is 1. The maximum Gasteiger partial charge on any atom is 0.0951 e. The number of hydrogen-bond donors (Lipinski definition) is 2. The molecule has 5 heteroatoms. The molecule has 3 nitrogen and oxygen atoms in total. The molecule has 3 rings (SSSR count). The maximum absolute atomic E-state index is 5.96. The first-order valence-corrected chi connectivity index (χ1v) is 7.59. The van der Waals surface area contributed by atoms with Gasteiger partial charge in [-0.05, 0) is 46.3 Å². The van der Waals surface area contributed by atoms with Crippen LogP contribution in [0, 0.1) is 0 Å². The molecule has 0 spiro atoms. The topological polar surface area (TPSA) is 50.9 Å². The molecule has 0 unspecified atom stereocenters. The first-order valence-electron chi connectivity index (χ1n) is 6.00. The lowest BCUT2D eigenvalue weighted by Gasteiger charge is -2.12. The van der Waals surface area contributed by atoms with Crippen molar-refractivity contribution in [2.45, 2.75) is 0 Å². The normalized spacial score (nSPS) is 10.7. The van der Waals surface area contributed by atoms with E-state index in [4.69, 9.17) is 5.73 Å². The number of nitrogens with two attached hydrogens (primary N) is 1. The van der Waals surface area contributed by atoms with Gasteiger partial charge in [-0.25, -0.2) is 0 Å². The Labute approximate surface area is 133 Å². The zero-order valence-electron chi connectivity index (χ0n) is 10.4. The highest BCUT2D eigenvalue weighted by Gasteiger charge is 2.06. The summed E-state index contributed by atoms with van der Waals surface area (Å²) in [4.78, 5) is 4.34. The van der Waals surface area contributed by atoms with Gasteiger partial charge in [-0.15, -0.1) is 0 Å². The van der Waals surface area contributed by atoms with Gasteiger partial charge in [-0.2, -0.15) is 0 Å². The first-order chi connectivity index (χ1) is 9.65. The average molecular weight is 393 g/mol. The fraction of sp³-hybridized carbons (Fsp3) is 0. The summed E-state index contributed by atoms with van der Waals surface area (Å²) in [6.45, 7) is 0. The van der Waals surface area contributed by atoms with Crippen molar-refractivity contribution in [2.75, 3.05) is 11.1 Å². The zero-order valence-corrected chi connectivity index (χ0v) is 13.6. The Hall–Kier alpha value is -1.59.